The van der Waals surface area contributed by atoms with Crippen LogP contribution >= 0.6 is 0 Å². The second-order valence-electron chi connectivity index (χ2n) is 4.31. The minimum Gasteiger partial charge on any atom is -0.383 e. The maximum atomic E-state index is 11.8. The van der Waals surface area contributed by atoms with Crippen molar-refractivity contribution < 1.29 is 17.9 Å². The summed E-state index contributed by atoms with van der Waals surface area (Å²) in [6.45, 7) is 5.23. The summed E-state index contributed by atoms with van der Waals surface area (Å²) in [4.78, 5) is 2.22. The molecule has 1 N–H and O–H groups in total. The minimum atomic E-state index is -4.26. The van der Waals surface area contributed by atoms with E-state index in [1.807, 2.05) is 24.3 Å². The zero-order valence-corrected chi connectivity index (χ0v) is 11.8. The molecule has 6 heteroatoms. The van der Waals surface area contributed by atoms with Crippen molar-refractivity contribution in [3.8, 4) is 0 Å². The average Bonchev–Trinajstić information content (AvgIpc) is 2.40. The van der Waals surface area contributed by atoms with E-state index < -0.39 is 12.8 Å². The van der Waals surface area contributed by atoms with Gasteiger partial charge in [-0.15, -0.1) is 0 Å². The van der Waals surface area contributed by atoms with Gasteiger partial charge in [-0.05, 0) is 38.1 Å². The molecule has 0 atom stereocenters. The maximum absolute atomic E-state index is 11.8. The van der Waals surface area contributed by atoms with E-state index in [1.165, 1.54) is 0 Å². The van der Waals surface area contributed by atoms with Crippen molar-refractivity contribution in [1.82, 2.24) is 0 Å². The highest BCUT2D eigenvalue weighted by atomic mass is 19.4. The third-order valence-corrected chi connectivity index (χ3v) is 2.84. The van der Waals surface area contributed by atoms with E-state index in [0.29, 0.717) is 6.54 Å². The zero-order chi connectivity index (χ0) is 15.0. The SMILES string of the molecule is CCN(CC)c1ccc(NCCOCC(F)(F)F)cc1. The molecule has 114 valence electrons. The number of anilines is 2. The molecule has 0 radical (unpaired) electrons. The Morgan fingerprint density at radius 3 is 2.20 bits per heavy atom. The predicted octanol–water partition coefficient (Wildman–Crippen LogP) is 3.52. The number of nitrogens with zero attached hydrogens (tertiary/aromatic N) is 1. The van der Waals surface area contributed by atoms with Gasteiger partial charge < -0.3 is 15.0 Å². The highest BCUT2D eigenvalue weighted by molar-refractivity contribution is 5.54. The Labute approximate surface area is 117 Å². The lowest BCUT2D eigenvalue weighted by Crippen LogP contribution is -2.21. The predicted molar refractivity (Wildman–Crippen MR) is 75.4 cm³/mol. The van der Waals surface area contributed by atoms with Crippen LogP contribution in [0, 0.1) is 0 Å². The standard InChI is InChI=1S/C14H21F3N2O/c1-3-19(4-2)13-7-5-12(6-8-13)18-9-10-20-11-14(15,16)17/h5-8,18H,3-4,9-11H2,1-2H3. The summed E-state index contributed by atoms with van der Waals surface area (Å²) >= 11 is 0. The summed E-state index contributed by atoms with van der Waals surface area (Å²) in [7, 11) is 0. The topological polar surface area (TPSA) is 24.5 Å². The van der Waals surface area contributed by atoms with Crippen molar-refractivity contribution in [2.75, 3.05) is 43.1 Å². The van der Waals surface area contributed by atoms with Gasteiger partial charge in [0, 0.05) is 31.0 Å². The monoisotopic (exact) mass is 290 g/mol. The molecule has 1 aromatic carbocycles. The van der Waals surface area contributed by atoms with Gasteiger partial charge in [-0.2, -0.15) is 13.2 Å². The van der Waals surface area contributed by atoms with Crippen molar-refractivity contribution >= 4 is 11.4 Å². The van der Waals surface area contributed by atoms with Gasteiger partial charge in [0.1, 0.15) is 6.61 Å². The van der Waals surface area contributed by atoms with E-state index in [2.05, 4.69) is 28.8 Å². The number of ether oxygens (including phenoxy) is 1. The Bertz CT molecular complexity index is 375. The second kappa shape index (κ2) is 7.99. The van der Waals surface area contributed by atoms with Gasteiger partial charge in [-0.25, -0.2) is 0 Å². The Balaban J connectivity index is 2.31. The minimum absolute atomic E-state index is 0.0251. The third-order valence-electron chi connectivity index (χ3n) is 2.84. The third kappa shape index (κ3) is 6.14. The van der Waals surface area contributed by atoms with E-state index in [-0.39, 0.29) is 6.61 Å². The number of nitrogens with one attached hydrogen (secondary N) is 1. The first-order valence-electron chi connectivity index (χ1n) is 6.69. The van der Waals surface area contributed by atoms with Crippen LogP contribution < -0.4 is 10.2 Å². The summed E-state index contributed by atoms with van der Waals surface area (Å²) < 4.78 is 40.0. The summed E-state index contributed by atoms with van der Waals surface area (Å²) in [6.07, 6.45) is -4.26. The molecule has 0 amide bonds. The number of halogens is 3. The molecule has 0 aliphatic carbocycles. The summed E-state index contributed by atoms with van der Waals surface area (Å²) in [5.41, 5.74) is 2.00. The molecule has 1 rings (SSSR count). The molecule has 20 heavy (non-hydrogen) atoms. The molecule has 3 nitrogen and oxygen atoms in total. The molecule has 0 unspecified atom stereocenters. The molecule has 0 spiro atoms. The number of rotatable bonds is 8. The normalized spacial score (nSPS) is 11.4. The van der Waals surface area contributed by atoms with Gasteiger partial charge in [-0.3, -0.25) is 0 Å². The lowest BCUT2D eigenvalue weighted by Gasteiger charge is -2.21. The molecule has 0 heterocycles. The molecule has 0 aliphatic rings. The molecule has 0 aromatic heterocycles. The molecule has 1 aromatic rings. The average molecular weight is 290 g/mol. The summed E-state index contributed by atoms with van der Waals surface area (Å²) in [5, 5.41) is 3.02. The lowest BCUT2D eigenvalue weighted by molar-refractivity contribution is -0.172. The van der Waals surface area contributed by atoms with Crippen molar-refractivity contribution in [1.29, 1.82) is 0 Å². The van der Waals surface area contributed by atoms with Crippen LogP contribution in [0.1, 0.15) is 13.8 Å². The van der Waals surface area contributed by atoms with Crippen LogP contribution in [-0.2, 0) is 4.74 Å². The van der Waals surface area contributed by atoms with Crippen LogP contribution in [-0.4, -0.2) is 39.0 Å². The van der Waals surface area contributed by atoms with Crippen LogP contribution in [0.4, 0.5) is 24.5 Å². The van der Waals surface area contributed by atoms with Crippen LogP contribution in [0.25, 0.3) is 0 Å². The first-order chi connectivity index (χ1) is 9.46. The maximum Gasteiger partial charge on any atom is 0.411 e. The Hall–Kier alpha value is -1.43. The van der Waals surface area contributed by atoms with E-state index in [4.69, 9.17) is 0 Å². The van der Waals surface area contributed by atoms with Crippen molar-refractivity contribution in [3.05, 3.63) is 24.3 Å². The van der Waals surface area contributed by atoms with Crippen LogP contribution in [0.3, 0.4) is 0 Å². The number of hydrogen-bond acceptors (Lipinski definition) is 3. The Morgan fingerprint density at radius 1 is 1.10 bits per heavy atom. The molecule has 0 aliphatic heterocycles. The van der Waals surface area contributed by atoms with Gasteiger partial charge in [0.2, 0.25) is 0 Å². The van der Waals surface area contributed by atoms with Gasteiger partial charge in [-0.1, -0.05) is 0 Å². The van der Waals surface area contributed by atoms with E-state index >= 15 is 0 Å². The highest BCUT2D eigenvalue weighted by Gasteiger charge is 2.27. The summed E-state index contributed by atoms with van der Waals surface area (Å²) in [5.74, 6) is 0. The quantitative estimate of drug-likeness (QED) is 0.741. The van der Waals surface area contributed by atoms with Crippen molar-refractivity contribution in [3.63, 3.8) is 0 Å². The zero-order valence-electron chi connectivity index (χ0n) is 11.8. The molecular formula is C14H21F3N2O. The fraction of sp³-hybridized carbons (Fsp3) is 0.571. The number of benzene rings is 1. The first kappa shape index (κ1) is 16.6. The molecule has 0 bridgehead atoms. The Morgan fingerprint density at radius 2 is 1.70 bits per heavy atom. The molecule has 0 fully saturated rings. The van der Waals surface area contributed by atoms with E-state index in [0.717, 1.165) is 24.5 Å². The lowest BCUT2D eigenvalue weighted by atomic mass is 10.2. The van der Waals surface area contributed by atoms with Gasteiger partial charge >= 0.3 is 6.18 Å². The largest absolute Gasteiger partial charge is 0.411 e. The summed E-state index contributed by atoms with van der Waals surface area (Å²) in [6, 6.07) is 7.81. The Kier molecular flexibility index (Phi) is 6.64. The first-order valence-corrected chi connectivity index (χ1v) is 6.69. The van der Waals surface area contributed by atoms with Gasteiger partial charge in [0.25, 0.3) is 0 Å². The van der Waals surface area contributed by atoms with Gasteiger partial charge in [0.05, 0.1) is 6.61 Å². The van der Waals surface area contributed by atoms with Crippen LogP contribution in [0.2, 0.25) is 0 Å². The second-order valence-corrected chi connectivity index (χ2v) is 4.31. The van der Waals surface area contributed by atoms with Gasteiger partial charge in [0.15, 0.2) is 0 Å². The van der Waals surface area contributed by atoms with E-state index in [9.17, 15) is 13.2 Å². The number of alkyl halides is 3. The molecular weight excluding hydrogens is 269 g/mol. The van der Waals surface area contributed by atoms with Crippen LogP contribution in [0.5, 0.6) is 0 Å². The number of hydrogen-bond donors (Lipinski definition) is 1. The van der Waals surface area contributed by atoms with E-state index in [1.54, 1.807) is 0 Å². The van der Waals surface area contributed by atoms with Crippen molar-refractivity contribution in [2.45, 2.75) is 20.0 Å². The highest BCUT2D eigenvalue weighted by Crippen LogP contribution is 2.17. The smallest absolute Gasteiger partial charge is 0.383 e. The molecule has 0 saturated carbocycles. The fourth-order valence-electron chi connectivity index (χ4n) is 1.83. The van der Waals surface area contributed by atoms with Crippen LogP contribution in [0.15, 0.2) is 24.3 Å². The van der Waals surface area contributed by atoms with Crippen molar-refractivity contribution in [2.24, 2.45) is 0 Å². The molecule has 0 saturated heterocycles. The fourth-order valence-corrected chi connectivity index (χ4v) is 1.83.